The molecule has 0 spiro atoms. The van der Waals surface area contributed by atoms with Gasteiger partial charge in [-0.2, -0.15) is 0 Å². The van der Waals surface area contributed by atoms with Crippen molar-refractivity contribution in [1.82, 2.24) is 4.90 Å². The molecule has 0 aliphatic carbocycles. The van der Waals surface area contributed by atoms with Crippen LogP contribution in [0.15, 0.2) is 0 Å². The number of thiocarbonyl (C=S) groups is 1. The minimum atomic E-state index is 0. The van der Waals surface area contributed by atoms with Crippen molar-refractivity contribution in [3.63, 3.8) is 0 Å². The molecule has 0 bridgehead atoms. The van der Waals surface area contributed by atoms with Gasteiger partial charge in [-0.05, 0) is 20.8 Å². The van der Waals surface area contributed by atoms with E-state index >= 15 is 0 Å². The second kappa shape index (κ2) is 14.3. The van der Waals surface area contributed by atoms with Crippen LogP contribution in [0.3, 0.4) is 0 Å². The van der Waals surface area contributed by atoms with Gasteiger partial charge in [-0.3, -0.25) is 0 Å². The summed E-state index contributed by atoms with van der Waals surface area (Å²) in [4.78, 5) is 2.01. The number of hydrogen-bond donors (Lipinski definition) is 2. The molecule has 0 aliphatic heterocycles. The van der Waals surface area contributed by atoms with E-state index in [0.29, 0.717) is 4.32 Å². The van der Waals surface area contributed by atoms with Crippen molar-refractivity contribution in [2.45, 2.75) is 20.8 Å². The maximum absolute atomic E-state index is 7.57. The molecule has 0 aromatic carbocycles. The minimum absolute atomic E-state index is 0. The third-order valence-corrected chi connectivity index (χ3v) is 1.58. The third-order valence-electron chi connectivity index (χ3n) is 1.03. The maximum Gasteiger partial charge on any atom is 0.133 e. The fourth-order valence-corrected chi connectivity index (χ4v) is 1.04. The van der Waals surface area contributed by atoms with Gasteiger partial charge in [-0.1, -0.05) is 12.2 Å². The Morgan fingerprint density at radius 2 is 1.58 bits per heavy atom. The van der Waals surface area contributed by atoms with Crippen LogP contribution in [-0.2, 0) is 17.1 Å². The number of aliphatic hydroxyl groups is 1. The van der Waals surface area contributed by atoms with E-state index in [2.05, 4.69) is 26.5 Å². The van der Waals surface area contributed by atoms with Gasteiger partial charge in [0, 0.05) is 36.8 Å². The Balaban J connectivity index is -0.000000177. The van der Waals surface area contributed by atoms with E-state index in [9.17, 15) is 0 Å². The van der Waals surface area contributed by atoms with E-state index in [1.165, 1.54) is 0 Å². The molecule has 0 amide bonds. The Hall–Kier alpha value is 0.719. The molecule has 1 radical (unpaired) electrons. The van der Waals surface area contributed by atoms with Crippen LogP contribution < -0.4 is 0 Å². The average Bonchev–Trinajstić information content (AvgIpc) is 1.91. The summed E-state index contributed by atoms with van der Waals surface area (Å²) < 4.78 is 0.690. The normalized spacial score (nSPS) is 7.42. The minimum Gasteiger partial charge on any atom is -0.397 e. The van der Waals surface area contributed by atoms with Gasteiger partial charge in [-0.25, -0.2) is 0 Å². The van der Waals surface area contributed by atoms with Crippen molar-refractivity contribution in [1.29, 1.82) is 0 Å². The van der Waals surface area contributed by atoms with E-state index in [1.807, 2.05) is 4.90 Å². The van der Waals surface area contributed by atoms with Crippen molar-refractivity contribution in [2.24, 2.45) is 0 Å². The largest absolute Gasteiger partial charge is 0.397 e. The van der Waals surface area contributed by atoms with E-state index < -0.39 is 0 Å². The summed E-state index contributed by atoms with van der Waals surface area (Å²) in [5.41, 5.74) is 0. The zero-order valence-corrected chi connectivity index (χ0v) is 10.3. The molecule has 0 aliphatic rings. The van der Waals surface area contributed by atoms with Gasteiger partial charge in [0.1, 0.15) is 4.32 Å². The van der Waals surface area contributed by atoms with Gasteiger partial charge in [0.2, 0.25) is 0 Å². The van der Waals surface area contributed by atoms with E-state index in [1.54, 1.807) is 6.92 Å². The molecule has 0 fully saturated rings. The van der Waals surface area contributed by atoms with Crippen LogP contribution in [0.2, 0.25) is 0 Å². The Labute approximate surface area is 96.6 Å². The van der Waals surface area contributed by atoms with Crippen molar-refractivity contribution >= 4 is 29.2 Å². The predicted octanol–water partition coefficient (Wildman–Crippen LogP) is 1.54. The first kappa shape index (κ1) is 18.5. The summed E-state index contributed by atoms with van der Waals surface area (Å²) >= 11 is 8.82. The molecule has 2 nitrogen and oxygen atoms in total. The van der Waals surface area contributed by atoms with Gasteiger partial charge < -0.3 is 10.0 Å². The van der Waals surface area contributed by atoms with E-state index in [4.69, 9.17) is 17.3 Å². The summed E-state index contributed by atoms with van der Waals surface area (Å²) in [5.74, 6) is 0. The quantitative estimate of drug-likeness (QED) is 0.446. The summed E-state index contributed by atoms with van der Waals surface area (Å²) in [5, 5.41) is 7.57. The molecule has 0 atom stereocenters. The van der Waals surface area contributed by atoms with Gasteiger partial charge in [-0.15, -0.1) is 12.6 Å². The number of thiol groups is 1. The second-order valence-electron chi connectivity index (χ2n) is 1.77. The van der Waals surface area contributed by atoms with Crippen molar-refractivity contribution in [3.05, 3.63) is 0 Å². The molecular weight excluding hydrogens is 242 g/mol. The molecule has 0 saturated carbocycles. The SMILES string of the molecule is CCN(CC)C(=S)S.CCO.[Cu]. The molecule has 5 heteroatoms. The van der Waals surface area contributed by atoms with Crippen molar-refractivity contribution in [3.8, 4) is 0 Å². The predicted molar refractivity (Wildman–Crippen MR) is 57.3 cm³/mol. The van der Waals surface area contributed by atoms with Gasteiger partial charge >= 0.3 is 0 Å². The van der Waals surface area contributed by atoms with E-state index in [-0.39, 0.29) is 23.7 Å². The van der Waals surface area contributed by atoms with Crippen molar-refractivity contribution < 1.29 is 22.2 Å². The van der Waals surface area contributed by atoms with Crippen molar-refractivity contribution in [2.75, 3.05) is 19.7 Å². The first-order chi connectivity index (χ1) is 5.13. The fourth-order valence-electron chi connectivity index (χ4n) is 0.494. The molecule has 12 heavy (non-hydrogen) atoms. The zero-order valence-electron chi connectivity index (χ0n) is 7.67. The Morgan fingerprint density at radius 1 is 1.33 bits per heavy atom. The Morgan fingerprint density at radius 3 is 1.58 bits per heavy atom. The standard InChI is InChI=1S/C5H11NS2.C2H6O.Cu/c1-3-6(4-2)5(7)8;1-2-3;/h3-4H2,1-2H3,(H,7,8);3H,2H2,1H3;. The number of rotatable bonds is 2. The Kier molecular flexibility index (Phi) is 22.0. The molecule has 0 rings (SSSR count). The van der Waals surface area contributed by atoms with Gasteiger partial charge in [0.15, 0.2) is 0 Å². The van der Waals surface area contributed by atoms with Crippen LogP contribution in [0.25, 0.3) is 0 Å². The van der Waals surface area contributed by atoms with Gasteiger partial charge in [0.25, 0.3) is 0 Å². The molecule has 0 unspecified atom stereocenters. The van der Waals surface area contributed by atoms with Crippen LogP contribution in [-0.4, -0.2) is 34.0 Å². The molecule has 1 N–H and O–H groups in total. The molecular formula is C7H17CuNOS2. The van der Waals surface area contributed by atoms with E-state index in [0.717, 1.165) is 13.1 Å². The van der Waals surface area contributed by atoms with Crippen LogP contribution in [0.5, 0.6) is 0 Å². The summed E-state index contributed by atoms with van der Waals surface area (Å²) in [7, 11) is 0. The molecule has 0 heterocycles. The van der Waals surface area contributed by atoms with Gasteiger partial charge in [0.05, 0.1) is 0 Å². The van der Waals surface area contributed by atoms with Crippen LogP contribution in [0.1, 0.15) is 20.8 Å². The molecule has 0 aromatic heterocycles. The number of aliphatic hydroxyl groups excluding tert-OH is 1. The summed E-state index contributed by atoms with van der Waals surface area (Å²) in [6, 6.07) is 0. The zero-order chi connectivity index (χ0) is 9.28. The Bertz CT molecular complexity index is 99.4. The second-order valence-corrected chi connectivity index (χ2v) is 2.88. The number of hydrogen-bond acceptors (Lipinski definition) is 2. The maximum atomic E-state index is 7.57. The van der Waals surface area contributed by atoms with Crippen LogP contribution in [0, 0.1) is 0 Å². The van der Waals surface area contributed by atoms with Crippen LogP contribution >= 0.6 is 24.8 Å². The molecule has 79 valence electrons. The first-order valence-corrected chi connectivity index (χ1v) is 4.58. The summed E-state index contributed by atoms with van der Waals surface area (Å²) in [6.45, 7) is 7.97. The number of nitrogens with zero attached hydrogens (tertiary/aromatic N) is 1. The molecule has 0 aromatic rings. The van der Waals surface area contributed by atoms with Crippen LogP contribution in [0.4, 0.5) is 0 Å². The summed E-state index contributed by atoms with van der Waals surface area (Å²) in [6.07, 6.45) is 0. The average molecular weight is 259 g/mol. The first-order valence-electron chi connectivity index (χ1n) is 3.72. The fraction of sp³-hybridized carbons (Fsp3) is 0.857. The molecule has 0 saturated heterocycles. The smallest absolute Gasteiger partial charge is 0.133 e. The topological polar surface area (TPSA) is 23.5 Å². The monoisotopic (exact) mass is 258 g/mol. The third kappa shape index (κ3) is 13.3.